The molecule has 4 rings (SSSR count). The Morgan fingerprint density at radius 1 is 0.923 bits per heavy atom. The van der Waals surface area contributed by atoms with Crippen molar-refractivity contribution in [1.29, 1.82) is 0 Å². The van der Waals surface area contributed by atoms with E-state index in [1.165, 1.54) is 33.4 Å². The first-order valence-electron chi connectivity index (χ1n) is 8.43. The summed E-state index contributed by atoms with van der Waals surface area (Å²) in [4.78, 5) is 4.90. The number of aromatic nitrogens is 5. The first-order chi connectivity index (χ1) is 12.4. The Morgan fingerprint density at radius 3 is 2.46 bits per heavy atom. The third kappa shape index (κ3) is 2.94. The number of benzene rings is 1. The van der Waals surface area contributed by atoms with Gasteiger partial charge in [-0.3, -0.25) is 0 Å². The lowest BCUT2D eigenvalue weighted by Gasteiger charge is -2.12. The Kier molecular flexibility index (Phi) is 3.96. The fraction of sp³-hybridized carbons (Fsp3) is 0.263. The summed E-state index contributed by atoms with van der Waals surface area (Å²) in [5, 5.41) is 19.0. The monoisotopic (exact) mass is 364 g/mol. The average Bonchev–Trinajstić information content (AvgIpc) is 3.14. The molecule has 3 heterocycles. The van der Waals surface area contributed by atoms with Gasteiger partial charge in [0.15, 0.2) is 5.82 Å². The van der Waals surface area contributed by atoms with Crippen molar-refractivity contribution in [2.75, 3.05) is 5.32 Å². The van der Waals surface area contributed by atoms with E-state index in [1.54, 1.807) is 0 Å². The van der Waals surface area contributed by atoms with Crippen LogP contribution in [-0.4, -0.2) is 25.0 Å². The van der Waals surface area contributed by atoms with E-state index in [0.717, 1.165) is 33.0 Å². The summed E-state index contributed by atoms with van der Waals surface area (Å²) in [5.74, 6) is 1.62. The number of hydrogen-bond acceptors (Lipinski definition) is 6. The van der Waals surface area contributed by atoms with Crippen molar-refractivity contribution < 1.29 is 0 Å². The molecule has 0 fully saturated rings. The standard InChI is InChI=1S/C19H20N6S/c1-10-6-12(3)18-15(7-10)11(2)8-16(20-18)25-17(9-13(4)24-25)21-19-23-22-14(5)26-19/h6-9H,1-5H3,(H,21,23). The van der Waals surface area contributed by atoms with Gasteiger partial charge in [0.25, 0.3) is 0 Å². The van der Waals surface area contributed by atoms with E-state index >= 15 is 0 Å². The van der Waals surface area contributed by atoms with Crippen molar-refractivity contribution in [3.63, 3.8) is 0 Å². The molecular weight excluding hydrogens is 344 g/mol. The van der Waals surface area contributed by atoms with Crippen molar-refractivity contribution in [1.82, 2.24) is 25.0 Å². The summed E-state index contributed by atoms with van der Waals surface area (Å²) in [6, 6.07) is 8.41. The number of anilines is 2. The van der Waals surface area contributed by atoms with Crippen LogP contribution in [0.15, 0.2) is 24.3 Å². The maximum Gasteiger partial charge on any atom is 0.211 e. The molecule has 0 aliphatic rings. The molecule has 0 aliphatic carbocycles. The second-order valence-electron chi connectivity index (χ2n) is 6.61. The molecule has 0 saturated carbocycles. The van der Waals surface area contributed by atoms with Crippen molar-refractivity contribution in [3.05, 3.63) is 51.7 Å². The van der Waals surface area contributed by atoms with E-state index in [1.807, 2.05) is 24.6 Å². The molecule has 0 amide bonds. The van der Waals surface area contributed by atoms with Crippen molar-refractivity contribution in [3.8, 4) is 5.82 Å². The minimum absolute atomic E-state index is 0.743. The van der Waals surface area contributed by atoms with Crippen LogP contribution >= 0.6 is 11.3 Å². The summed E-state index contributed by atoms with van der Waals surface area (Å²) in [7, 11) is 0. The zero-order valence-corrected chi connectivity index (χ0v) is 16.3. The lowest BCUT2D eigenvalue weighted by atomic mass is 10.0. The predicted molar refractivity (Wildman–Crippen MR) is 106 cm³/mol. The second kappa shape index (κ2) is 6.17. The highest BCUT2D eigenvalue weighted by atomic mass is 32.1. The average molecular weight is 364 g/mol. The van der Waals surface area contributed by atoms with Crippen LogP contribution in [0.5, 0.6) is 0 Å². The minimum Gasteiger partial charge on any atom is -0.315 e. The third-order valence-corrected chi connectivity index (χ3v) is 5.01. The number of nitrogens with zero attached hydrogens (tertiary/aromatic N) is 5. The molecule has 0 radical (unpaired) electrons. The highest BCUT2D eigenvalue weighted by Crippen LogP contribution is 2.27. The van der Waals surface area contributed by atoms with Crippen LogP contribution in [0.3, 0.4) is 0 Å². The SMILES string of the molecule is Cc1cc(C)c2nc(-n3nc(C)cc3Nc3nnc(C)s3)cc(C)c2c1. The molecule has 0 atom stereocenters. The zero-order chi connectivity index (χ0) is 18.4. The summed E-state index contributed by atoms with van der Waals surface area (Å²) < 4.78 is 1.83. The molecule has 6 nitrogen and oxygen atoms in total. The number of aryl methyl sites for hydroxylation is 5. The van der Waals surface area contributed by atoms with Crippen LogP contribution in [0, 0.1) is 34.6 Å². The van der Waals surface area contributed by atoms with Gasteiger partial charge in [-0.05, 0) is 57.9 Å². The molecule has 0 unspecified atom stereocenters. The Balaban J connectivity index is 1.85. The van der Waals surface area contributed by atoms with Crippen LogP contribution in [0.25, 0.3) is 16.7 Å². The van der Waals surface area contributed by atoms with Gasteiger partial charge >= 0.3 is 0 Å². The highest BCUT2D eigenvalue weighted by molar-refractivity contribution is 7.15. The molecule has 7 heteroatoms. The summed E-state index contributed by atoms with van der Waals surface area (Å²) in [6.45, 7) is 10.2. The maximum atomic E-state index is 4.90. The van der Waals surface area contributed by atoms with Crippen LogP contribution in [0.2, 0.25) is 0 Å². The van der Waals surface area contributed by atoms with Gasteiger partial charge in [-0.2, -0.15) is 9.78 Å². The molecule has 3 aromatic heterocycles. The Labute approximate surface area is 155 Å². The van der Waals surface area contributed by atoms with Crippen LogP contribution in [0.1, 0.15) is 27.4 Å². The molecule has 0 aliphatic heterocycles. The van der Waals surface area contributed by atoms with E-state index in [9.17, 15) is 0 Å². The van der Waals surface area contributed by atoms with E-state index < -0.39 is 0 Å². The number of nitrogens with one attached hydrogen (secondary N) is 1. The molecule has 1 N–H and O–H groups in total. The van der Waals surface area contributed by atoms with Gasteiger partial charge < -0.3 is 5.32 Å². The fourth-order valence-corrected chi connectivity index (χ4v) is 3.75. The fourth-order valence-electron chi connectivity index (χ4n) is 3.16. The first kappa shape index (κ1) is 16.7. The normalized spacial score (nSPS) is 11.3. The van der Waals surface area contributed by atoms with E-state index in [0.29, 0.717) is 0 Å². The highest BCUT2D eigenvalue weighted by Gasteiger charge is 2.14. The Bertz CT molecular complexity index is 1120. The van der Waals surface area contributed by atoms with E-state index in [2.05, 4.69) is 59.6 Å². The number of pyridine rings is 1. The first-order valence-corrected chi connectivity index (χ1v) is 9.25. The number of fused-ring (bicyclic) bond motifs is 1. The smallest absolute Gasteiger partial charge is 0.211 e. The third-order valence-electron chi connectivity index (χ3n) is 4.25. The topological polar surface area (TPSA) is 68.5 Å². The van der Waals surface area contributed by atoms with Gasteiger partial charge in [0.05, 0.1) is 11.2 Å². The van der Waals surface area contributed by atoms with Crippen LogP contribution in [-0.2, 0) is 0 Å². The van der Waals surface area contributed by atoms with Crippen molar-refractivity contribution in [2.24, 2.45) is 0 Å². The molecule has 0 saturated heterocycles. The minimum atomic E-state index is 0.743. The number of hydrogen-bond donors (Lipinski definition) is 1. The maximum absolute atomic E-state index is 4.90. The summed E-state index contributed by atoms with van der Waals surface area (Å²) >= 11 is 1.51. The van der Waals surface area contributed by atoms with Gasteiger partial charge in [0, 0.05) is 11.5 Å². The lowest BCUT2D eigenvalue weighted by molar-refractivity contribution is 0.842. The lowest BCUT2D eigenvalue weighted by Crippen LogP contribution is -2.06. The van der Waals surface area contributed by atoms with E-state index in [-0.39, 0.29) is 0 Å². The summed E-state index contributed by atoms with van der Waals surface area (Å²) in [5.41, 5.74) is 5.52. The van der Waals surface area contributed by atoms with Gasteiger partial charge in [-0.25, -0.2) is 4.98 Å². The molecule has 0 bridgehead atoms. The van der Waals surface area contributed by atoms with Gasteiger partial charge in [0.2, 0.25) is 5.13 Å². The van der Waals surface area contributed by atoms with Gasteiger partial charge in [-0.1, -0.05) is 23.0 Å². The predicted octanol–water partition coefficient (Wildman–Crippen LogP) is 4.56. The van der Waals surface area contributed by atoms with Gasteiger partial charge in [0.1, 0.15) is 10.8 Å². The molecule has 26 heavy (non-hydrogen) atoms. The Hall–Kier alpha value is -2.80. The molecule has 1 aromatic carbocycles. The van der Waals surface area contributed by atoms with Crippen molar-refractivity contribution >= 4 is 33.2 Å². The Morgan fingerprint density at radius 2 is 1.73 bits per heavy atom. The van der Waals surface area contributed by atoms with Crippen LogP contribution in [0.4, 0.5) is 10.9 Å². The van der Waals surface area contributed by atoms with E-state index in [4.69, 9.17) is 4.98 Å². The molecular formula is C19H20N6S. The quantitative estimate of drug-likeness (QED) is 0.577. The van der Waals surface area contributed by atoms with Crippen LogP contribution < -0.4 is 5.32 Å². The molecule has 132 valence electrons. The zero-order valence-electron chi connectivity index (χ0n) is 15.5. The molecule has 0 spiro atoms. The summed E-state index contributed by atoms with van der Waals surface area (Å²) in [6.07, 6.45) is 0. The second-order valence-corrected chi connectivity index (χ2v) is 7.79. The van der Waals surface area contributed by atoms with Crippen molar-refractivity contribution in [2.45, 2.75) is 34.6 Å². The largest absolute Gasteiger partial charge is 0.315 e. The number of rotatable bonds is 3. The molecule has 4 aromatic rings. The van der Waals surface area contributed by atoms with Gasteiger partial charge in [-0.15, -0.1) is 10.2 Å².